The fourth-order valence-corrected chi connectivity index (χ4v) is 3.49. The number of hydrogen-bond donors (Lipinski definition) is 1. The van der Waals surface area contributed by atoms with Crippen LogP contribution in [0.1, 0.15) is 45.1 Å². The Morgan fingerprint density at radius 1 is 1.19 bits per heavy atom. The summed E-state index contributed by atoms with van der Waals surface area (Å²) in [5.41, 5.74) is 1.41. The van der Waals surface area contributed by atoms with E-state index in [9.17, 15) is 0 Å². The van der Waals surface area contributed by atoms with Crippen LogP contribution in [-0.4, -0.2) is 20.2 Å². The first kappa shape index (κ1) is 16.4. The second-order valence-electron chi connectivity index (χ2n) is 6.91. The molecule has 1 fully saturated rings. The Balaban J connectivity index is 1.96. The Kier molecular flexibility index (Phi) is 6.56. The molecule has 1 aliphatic rings. The van der Waals surface area contributed by atoms with Crippen molar-refractivity contribution in [1.82, 2.24) is 5.32 Å². The number of rotatable bonds is 8. The fraction of sp³-hybridized carbons (Fsp3) is 0.684. The lowest BCUT2D eigenvalue weighted by molar-refractivity contribution is 0.315. The molecule has 0 aliphatic heterocycles. The molecule has 2 rings (SSSR count). The molecule has 1 aromatic rings. The summed E-state index contributed by atoms with van der Waals surface area (Å²) in [5.74, 6) is 3.37. The Bertz CT molecular complexity index is 410. The van der Waals surface area contributed by atoms with Crippen LogP contribution in [0.5, 0.6) is 5.75 Å². The van der Waals surface area contributed by atoms with Crippen LogP contribution in [0.4, 0.5) is 0 Å². The van der Waals surface area contributed by atoms with Crippen molar-refractivity contribution in [2.45, 2.75) is 46.0 Å². The Labute approximate surface area is 130 Å². The number of methoxy groups -OCH3 is 1. The third-order valence-corrected chi connectivity index (χ3v) is 4.66. The quantitative estimate of drug-likeness (QED) is 0.771. The van der Waals surface area contributed by atoms with E-state index in [1.807, 2.05) is 6.07 Å². The molecule has 0 amide bonds. The lowest BCUT2D eigenvalue weighted by atomic mass is 9.85. The van der Waals surface area contributed by atoms with Gasteiger partial charge in [0.05, 0.1) is 7.11 Å². The minimum atomic E-state index is 0.728. The summed E-state index contributed by atoms with van der Waals surface area (Å²) in [7, 11) is 1.75. The van der Waals surface area contributed by atoms with Gasteiger partial charge >= 0.3 is 0 Å². The molecule has 0 heterocycles. The molecule has 0 spiro atoms. The summed E-state index contributed by atoms with van der Waals surface area (Å²) in [6.07, 6.45) is 6.84. The smallest absolute Gasteiger partial charge is 0.119 e. The maximum Gasteiger partial charge on any atom is 0.119 e. The van der Waals surface area contributed by atoms with Gasteiger partial charge in [-0.1, -0.05) is 51.7 Å². The lowest BCUT2D eigenvalue weighted by Crippen LogP contribution is -2.31. The van der Waals surface area contributed by atoms with E-state index in [0.29, 0.717) is 0 Å². The van der Waals surface area contributed by atoms with Crippen molar-refractivity contribution >= 4 is 0 Å². The first-order valence-corrected chi connectivity index (χ1v) is 8.52. The molecule has 2 heteroatoms. The zero-order chi connectivity index (χ0) is 15.1. The number of ether oxygens (including phenoxy) is 1. The average molecular weight is 289 g/mol. The van der Waals surface area contributed by atoms with E-state index >= 15 is 0 Å². The highest BCUT2D eigenvalue weighted by Gasteiger charge is 2.25. The van der Waals surface area contributed by atoms with Gasteiger partial charge < -0.3 is 10.1 Å². The van der Waals surface area contributed by atoms with E-state index in [1.54, 1.807) is 7.11 Å². The molecule has 1 saturated carbocycles. The van der Waals surface area contributed by atoms with Gasteiger partial charge in [0.15, 0.2) is 0 Å². The summed E-state index contributed by atoms with van der Waals surface area (Å²) < 4.78 is 5.36. The molecule has 2 nitrogen and oxygen atoms in total. The summed E-state index contributed by atoms with van der Waals surface area (Å²) >= 11 is 0. The maximum absolute atomic E-state index is 5.36. The average Bonchev–Trinajstić information content (AvgIpc) is 3.00. The number of benzene rings is 1. The Morgan fingerprint density at radius 2 is 1.95 bits per heavy atom. The molecule has 0 saturated heterocycles. The molecular weight excluding hydrogens is 258 g/mol. The maximum atomic E-state index is 5.36. The van der Waals surface area contributed by atoms with Crippen LogP contribution in [0.2, 0.25) is 0 Å². The van der Waals surface area contributed by atoms with Crippen LogP contribution in [0.3, 0.4) is 0 Å². The second kappa shape index (κ2) is 8.43. The molecule has 1 unspecified atom stereocenters. The van der Waals surface area contributed by atoms with E-state index < -0.39 is 0 Å². The Morgan fingerprint density at radius 3 is 2.62 bits per heavy atom. The van der Waals surface area contributed by atoms with Gasteiger partial charge in [-0.05, 0) is 55.0 Å². The topological polar surface area (TPSA) is 21.3 Å². The van der Waals surface area contributed by atoms with Crippen molar-refractivity contribution in [3.8, 4) is 5.75 Å². The van der Waals surface area contributed by atoms with Crippen molar-refractivity contribution in [2.24, 2.45) is 17.8 Å². The van der Waals surface area contributed by atoms with E-state index in [2.05, 4.69) is 37.4 Å². The van der Waals surface area contributed by atoms with Crippen LogP contribution in [0.25, 0.3) is 0 Å². The molecule has 21 heavy (non-hydrogen) atoms. The highest BCUT2D eigenvalue weighted by molar-refractivity contribution is 5.28. The molecule has 1 N–H and O–H groups in total. The van der Waals surface area contributed by atoms with Gasteiger partial charge in [-0.15, -0.1) is 0 Å². The van der Waals surface area contributed by atoms with Gasteiger partial charge in [-0.25, -0.2) is 0 Å². The van der Waals surface area contributed by atoms with Crippen LogP contribution in [-0.2, 0) is 6.42 Å². The van der Waals surface area contributed by atoms with E-state index in [0.717, 1.165) is 36.6 Å². The van der Waals surface area contributed by atoms with Gasteiger partial charge in [-0.3, -0.25) is 0 Å². The standard InChI is InChI=1S/C19H31NO/c1-15(2)13-20-14-18(17-8-4-5-9-17)11-16-7-6-10-19(12-16)21-3/h6-7,10,12,15,17-18,20H,4-5,8-9,11,13-14H2,1-3H3. The molecule has 1 atom stereocenters. The number of nitrogens with one attached hydrogen (secondary N) is 1. The number of hydrogen-bond acceptors (Lipinski definition) is 2. The molecule has 0 radical (unpaired) electrons. The summed E-state index contributed by atoms with van der Waals surface area (Å²) in [4.78, 5) is 0. The van der Waals surface area contributed by atoms with Crippen molar-refractivity contribution < 1.29 is 4.74 Å². The van der Waals surface area contributed by atoms with Crippen LogP contribution in [0, 0.1) is 17.8 Å². The van der Waals surface area contributed by atoms with Gasteiger partial charge in [-0.2, -0.15) is 0 Å². The molecule has 0 bridgehead atoms. The van der Waals surface area contributed by atoms with Crippen molar-refractivity contribution in [1.29, 1.82) is 0 Å². The van der Waals surface area contributed by atoms with Gasteiger partial charge in [0.1, 0.15) is 5.75 Å². The van der Waals surface area contributed by atoms with Gasteiger partial charge in [0, 0.05) is 0 Å². The molecule has 118 valence electrons. The molecule has 0 aromatic heterocycles. The molecule has 1 aromatic carbocycles. The van der Waals surface area contributed by atoms with Crippen molar-refractivity contribution in [3.05, 3.63) is 29.8 Å². The minimum absolute atomic E-state index is 0.728. The van der Waals surface area contributed by atoms with E-state index in [-0.39, 0.29) is 0 Å². The fourth-order valence-electron chi connectivity index (χ4n) is 3.49. The highest BCUT2D eigenvalue weighted by atomic mass is 16.5. The van der Waals surface area contributed by atoms with E-state index in [1.165, 1.54) is 37.7 Å². The summed E-state index contributed by atoms with van der Waals surface area (Å²) in [6.45, 7) is 6.83. The highest BCUT2D eigenvalue weighted by Crippen LogP contribution is 2.33. The zero-order valence-electron chi connectivity index (χ0n) is 13.9. The van der Waals surface area contributed by atoms with Crippen molar-refractivity contribution in [2.75, 3.05) is 20.2 Å². The second-order valence-corrected chi connectivity index (χ2v) is 6.91. The first-order valence-electron chi connectivity index (χ1n) is 8.52. The summed E-state index contributed by atoms with van der Waals surface area (Å²) in [5, 5.41) is 3.68. The molecular formula is C19H31NO. The SMILES string of the molecule is COc1cccc(CC(CNCC(C)C)C2CCCC2)c1. The summed E-state index contributed by atoms with van der Waals surface area (Å²) in [6, 6.07) is 8.59. The van der Waals surface area contributed by atoms with E-state index in [4.69, 9.17) is 4.74 Å². The lowest BCUT2D eigenvalue weighted by Gasteiger charge is -2.25. The van der Waals surface area contributed by atoms with Crippen LogP contribution < -0.4 is 10.1 Å². The third kappa shape index (κ3) is 5.35. The van der Waals surface area contributed by atoms with Gasteiger partial charge in [0.25, 0.3) is 0 Å². The zero-order valence-corrected chi connectivity index (χ0v) is 13.9. The predicted molar refractivity (Wildman–Crippen MR) is 89.9 cm³/mol. The first-order chi connectivity index (χ1) is 10.2. The predicted octanol–water partition coefficient (Wildman–Crippen LogP) is 4.29. The van der Waals surface area contributed by atoms with Gasteiger partial charge in [0.2, 0.25) is 0 Å². The minimum Gasteiger partial charge on any atom is -0.497 e. The monoisotopic (exact) mass is 289 g/mol. The normalized spacial score (nSPS) is 17.3. The largest absolute Gasteiger partial charge is 0.497 e. The molecule has 1 aliphatic carbocycles. The third-order valence-electron chi connectivity index (χ3n) is 4.66. The van der Waals surface area contributed by atoms with Crippen LogP contribution in [0.15, 0.2) is 24.3 Å². The van der Waals surface area contributed by atoms with Crippen molar-refractivity contribution in [3.63, 3.8) is 0 Å². The Hall–Kier alpha value is -1.02. The van der Waals surface area contributed by atoms with Crippen LogP contribution >= 0.6 is 0 Å².